The van der Waals surface area contributed by atoms with Crippen molar-refractivity contribution in [2.75, 3.05) is 46.5 Å². The van der Waals surface area contributed by atoms with Crippen LogP contribution in [0.5, 0.6) is 0 Å². The number of hydrogen-bond donors (Lipinski definition) is 1. The van der Waals surface area contributed by atoms with Gasteiger partial charge in [-0.3, -0.25) is 4.90 Å². The van der Waals surface area contributed by atoms with Crippen LogP contribution in [-0.2, 0) is 9.47 Å². The Balaban J connectivity index is 1.17. The molecule has 6 heteroatoms. The lowest BCUT2D eigenvalue weighted by Gasteiger charge is -2.72. The van der Waals surface area contributed by atoms with Crippen molar-refractivity contribution in [3.63, 3.8) is 0 Å². The number of ether oxygens (including phenoxy) is 2. The number of benzene rings is 1. The van der Waals surface area contributed by atoms with Crippen molar-refractivity contribution in [3.05, 3.63) is 53.4 Å². The van der Waals surface area contributed by atoms with Crippen LogP contribution >= 0.6 is 0 Å². The number of nitrogens with zero attached hydrogens (tertiary/aromatic N) is 1. The molecule has 270 valence electrons. The molecule has 1 aliphatic heterocycles. The minimum absolute atomic E-state index is 0.00342. The average Bonchev–Trinajstić information content (AvgIpc) is 3.45. The Morgan fingerprint density at radius 3 is 2.45 bits per heavy atom. The normalized spacial score (nSPS) is 41.5. The molecule has 7 rings (SSSR count). The molecule has 1 aromatic carbocycles. The quantitative estimate of drug-likeness (QED) is 0.231. The third-order valence-corrected chi connectivity index (χ3v) is 16.3. The van der Waals surface area contributed by atoms with Crippen molar-refractivity contribution in [3.8, 4) is 0 Å². The molecular formula is C43H63FN2O3. The molecule has 0 aromatic heterocycles. The minimum atomic E-state index is -0.625. The van der Waals surface area contributed by atoms with Gasteiger partial charge in [0.15, 0.2) is 0 Å². The fourth-order valence-corrected chi connectivity index (χ4v) is 13.8. The lowest BCUT2D eigenvalue weighted by Crippen LogP contribution is -2.68. The summed E-state index contributed by atoms with van der Waals surface area (Å²) in [7, 11) is 1.30. The van der Waals surface area contributed by atoms with E-state index in [1.54, 1.807) is 12.1 Å². The molecule has 1 aromatic rings. The van der Waals surface area contributed by atoms with Gasteiger partial charge in [-0.2, -0.15) is 0 Å². The number of carbonyl (C=O) groups is 1. The van der Waals surface area contributed by atoms with Crippen LogP contribution in [0.1, 0.15) is 115 Å². The van der Waals surface area contributed by atoms with Crippen LogP contribution in [0.25, 0.3) is 5.57 Å². The van der Waals surface area contributed by atoms with Crippen LogP contribution in [0.4, 0.5) is 4.39 Å². The van der Waals surface area contributed by atoms with Crippen LogP contribution in [-0.4, -0.2) is 62.9 Å². The van der Waals surface area contributed by atoms with Gasteiger partial charge in [0.05, 0.1) is 25.9 Å². The van der Waals surface area contributed by atoms with Gasteiger partial charge in [-0.05, 0) is 139 Å². The summed E-state index contributed by atoms with van der Waals surface area (Å²) in [5, 5.41) is 4.28. The van der Waals surface area contributed by atoms with E-state index in [1.165, 1.54) is 69.6 Å². The molecule has 0 amide bonds. The van der Waals surface area contributed by atoms with Crippen molar-refractivity contribution in [2.24, 2.45) is 51.2 Å². The monoisotopic (exact) mass is 674 g/mol. The second-order valence-corrected chi connectivity index (χ2v) is 18.5. The summed E-state index contributed by atoms with van der Waals surface area (Å²) in [5.41, 5.74) is 4.42. The smallest absolute Gasteiger partial charge is 0.340 e. The molecule has 5 fully saturated rings. The highest BCUT2D eigenvalue weighted by Crippen LogP contribution is 2.76. The highest BCUT2D eigenvalue weighted by molar-refractivity contribution is 5.90. The lowest BCUT2D eigenvalue weighted by atomic mass is 9.33. The molecule has 5 nitrogen and oxygen atoms in total. The molecule has 1 N–H and O–H groups in total. The van der Waals surface area contributed by atoms with E-state index in [9.17, 15) is 4.79 Å². The van der Waals surface area contributed by atoms with Gasteiger partial charge < -0.3 is 14.8 Å². The first-order valence-electron chi connectivity index (χ1n) is 19.5. The molecule has 1 saturated heterocycles. The number of nitrogens with one attached hydrogen (secondary N) is 1. The van der Waals surface area contributed by atoms with Gasteiger partial charge in [-0.25, -0.2) is 9.18 Å². The summed E-state index contributed by atoms with van der Waals surface area (Å²) >= 11 is 0. The summed E-state index contributed by atoms with van der Waals surface area (Å²) in [6.45, 7) is 25.8. The van der Waals surface area contributed by atoms with Gasteiger partial charge in [0.2, 0.25) is 0 Å². The van der Waals surface area contributed by atoms with Crippen molar-refractivity contribution in [1.29, 1.82) is 0 Å². The van der Waals surface area contributed by atoms with Crippen molar-refractivity contribution in [1.82, 2.24) is 10.2 Å². The van der Waals surface area contributed by atoms with E-state index in [0.29, 0.717) is 35.0 Å². The Morgan fingerprint density at radius 2 is 1.76 bits per heavy atom. The highest BCUT2D eigenvalue weighted by Gasteiger charge is 2.70. The van der Waals surface area contributed by atoms with Gasteiger partial charge in [0, 0.05) is 31.7 Å². The Labute approximate surface area is 295 Å². The maximum Gasteiger partial charge on any atom is 0.340 e. The van der Waals surface area contributed by atoms with E-state index >= 15 is 4.39 Å². The fraction of sp³-hybridized carbons (Fsp3) is 0.744. The third-order valence-electron chi connectivity index (χ3n) is 16.3. The number of carbonyl (C=O) groups excluding carboxylic acids is 1. The van der Waals surface area contributed by atoms with Crippen LogP contribution in [0.3, 0.4) is 0 Å². The third kappa shape index (κ3) is 5.35. The first-order valence-corrected chi connectivity index (χ1v) is 19.5. The van der Waals surface area contributed by atoms with Crippen LogP contribution < -0.4 is 5.32 Å². The highest BCUT2D eigenvalue weighted by atomic mass is 19.1. The molecule has 6 aliphatic rings. The Kier molecular flexibility index (Phi) is 9.09. The average molecular weight is 675 g/mol. The van der Waals surface area contributed by atoms with E-state index < -0.39 is 11.8 Å². The summed E-state index contributed by atoms with van der Waals surface area (Å²) in [4.78, 5) is 14.7. The van der Waals surface area contributed by atoms with E-state index in [-0.39, 0.29) is 27.3 Å². The number of morpholine rings is 1. The number of rotatable bonds is 7. The van der Waals surface area contributed by atoms with Crippen molar-refractivity contribution in [2.45, 2.75) is 105 Å². The standard InChI is InChI=1S/C43H63FN2O3/c1-28(2)30-13-18-43(45-21-22-46-23-25-49-26-24-46)20-19-41(6)33(37(30)43)11-12-36-40(5)16-14-32(39(3,4)35(40)15-17-42(36,41)7)29-9-10-31(34(44)27-29)38(47)48-8/h9-10,14,27,30,33,35-37,45H,1,11-13,15-26H2,2-8H3/t30-,33+,35-,36+,37+,40-,41+,42+,43-/m0/s1. The molecule has 0 spiro atoms. The van der Waals surface area contributed by atoms with Crippen LogP contribution in [0.2, 0.25) is 0 Å². The van der Waals surface area contributed by atoms with Gasteiger partial charge in [-0.15, -0.1) is 0 Å². The molecule has 0 radical (unpaired) electrons. The first kappa shape index (κ1) is 35.4. The van der Waals surface area contributed by atoms with Crippen LogP contribution in [0, 0.1) is 57.1 Å². The number of allylic oxidation sites excluding steroid dienone is 3. The van der Waals surface area contributed by atoms with Gasteiger partial charge in [0.1, 0.15) is 5.82 Å². The zero-order valence-electron chi connectivity index (χ0n) is 31.6. The topological polar surface area (TPSA) is 50.8 Å². The number of fused-ring (bicyclic) bond motifs is 7. The summed E-state index contributed by atoms with van der Waals surface area (Å²) in [6, 6.07) is 5.08. The number of halogens is 1. The van der Waals surface area contributed by atoms with Crippen LogP contribution in [0.15, 0.2) is 36.4 Å². The van der Waals surface area contributed by atoms with Crippen molar-refractivity contribution >= 4 is 11.5 Å². The Morgan fingerprint density at radius 1 is 1.00 bits per heavy atom. The molecule has 5 aliphatic carbocycles. The SMILES string of the molecule is C=C(C)[C@@H]1CC[C@]2(NCCN3CCOCC3)CC[C@]3(C)[C@H](CC[C@@H]4[C@@]5(C)CC=C(c6ccc(C(=O)OC)c(F)c6)C(C)(C)[C@@H]5CC[C@]43C)[C@@H]12. The first-order chi connectivity index (χ1) is 23.2. The molecule has 0 unspecified atom stereocenters. The number of methoxy groups -OCH3 is 1. The Hall–Kier alpha value is -2.02. The molecule has 49 heavy (non-hydrogen) atoms. The van der Waals surface area contributed by atoms with E-state index in [2.05, 4.69) is 64.4 Å². The number of esters is 1. The fourth-order valence-electron chi connectivity index (χ4n) is 13.8. The largest absolute Gasteiger partial charge is 0.465 e. The zero-order chi connectivity index (χ0) is 35.0. The second kappa shape index (κ2) is 12.6. The maximum absolute atomic E-state index is 15.2. The molecular weight excluding hydrogens is 611 g/mol. The van der Waals surface area contributed by atoms with E-state index in [1.807, 2.05) is 6.07 Å². The molecule has 0 bridgehead atoms. The summed E-state index contributed by atoms with van der Waals surface area (Å²) in [5.74, 6) is 2.02. The second-order valence-electron chi connectivity index (χ2n) is 18.5. The summed E-state index contributed by atoms with van der Waals surface area (Å²) in [6.07, 6.45) is 13.7. The molecule has 4 saturated carbocycles. The molecule has 9 atom stereocenters. The maximum atomic E-state index is 15.2. The summed E-state index contributed by atoms with van der Waals surface area (Å²) < 4.78 is 25.6. The Bertz CT molecular complexity index is 1500. The van der Waals surface area contributed by atoms with E-state index in [0.717, 1.165) is 51.4 Å². The van der Waals surface area contributed by atoms with Gasteiger partial charge in [0.25, 0.3) is 0 Å². The number of hydrogen-bond acceptors (Lipinski definition) is 5. The predicted molar refractivity (Wildman–Crippen MR) is 196 cm³/mol. The predicted octanol–water partition coefficient (Wildman–Crippen LogP) is 8.94. The molecule has 1 heterocycles. The van der Waals surface area contributed by atoms with Gasteiger partial charge >= 0.3 is 5.97 Å². The van der Waals surface area contributed by atoms with E-state index in [4.69, 9.17) is 9.47 Å². The van der Waals surface area contributed by atoms with Gasteiger partial charge in [-0.1, -0.05) is 58.9 Å². The minimum Gasteiger partial charge on any atom is -0.465 e. The zero-order valence-corrected chi connectivity index (χ0v) is 31.6. The van der Waals surface area contributed by atoms with Crippen molar-refractivity contribution < 1.29 is 18.7 Å². The lowest BCUT2D eigenvalue weighted by molar-refractivity contribution is -0.219.